The van der Waals surface area contributed by atoms with Gasteiger partial charge in [0, 0.05) is 6.42 Å². The number of hydrogen-bond acceptors (Lipinski definition) is 2. The van der Waals surface area contributed by atoms with Gasteiger partial charge in [0.05, 0.1) is 0 Å². The molecule has 3 nitrogen and oxygen atoms in total. The van der Waals surface area contributed by atoms with Crippen LogP contribution in [0.5, 0.6) is 0 Å². The van der Waals surface area contributed by atoms with Gasteiger partial charge in [0.2, 0.25) is 0 Å². The number of allylic oxidation sites excluding steroid dienone is 4. The molecule has 0 bridgehead atoms. The lowest BCUT2D eigenvalue weighted by Crippen LogP contribution is -2.13. The molecule has 0 aromatic heterocycles. The first kappa shape index (κ1) is 55.0. The Morgan fingerprint density at radius 1 is 0.808 bits per heavy atom. The molecule has 52 heavy (non-hydrogen) atoms. The molecule has 3 rings (SSSR count). The molecule has 0 spiro atoms. The van der Waals surface area contributed by atoms with Crippen molar-refractivity contribution in [1.82, 2.24) is 0 Å². The monoisotopic (exact) mass is 720 g/mol. The van der Waals surface area contributed by atoms with Crippen molar-refractivity contribution < 1.29 is 14.3 Å². The first-order valence-electron chi connectivity index (χ1n) is 18.8. The van der Waals surface area contributed by atoms with Crippen molar-refractivity contribution in [3.63, 3.8) is 0 Å². The minimum atomic E-state index is -0.693. The lowest BCUT2D eigenvalue weighted by Gasteiger charge is -2.21. The standard InChI is InChI=1S/C15H20.C11H15F.C10H14.C5H10O2.C4H8.C2H6.CH5N/c1-10(2)15(11(3)4)14-9-7-8-12(5)13(14)6;1-8-9(11(2,3)4)6-5-7-10(8)12;1-3-9(2)10-7-5-4-6-8-10;1-2-3-4-5(6)7;1-4(2)3;2*1-2/h7-9H,1H2,2-6H3;5-7H,1-4H3;4-9H,3H2,1-2H3;2-4H2,1H3,(H,6,7);1H2,2-3H3;1-2H3;2H2,1H3/t;;9-;;;;/m..0..../s1. The molecule has 3 N–H and O–H groups in total. The molecule has 0 saturated heterocycles. The fourth-order valence-corrected chi connectivity index (χ4v) is 4.71. The van der Waals surface area contributed by atoms with Crippen molar-refractivity contribution in [2.24, 2.45) is 5.73 Å². The van der Waals surface area contributed by atoms with Gasteiger partial charge in [-0.15, -0.1) is 6.58 Å². The Labute approximate surface area is 321 Å². The highest BCUT2D eigenvalue weighted by molar-refractivity contribution is 5.81. The fraction of sp³-hybridized carbons (Fsp3) is 0.479. The topological polar surface area (TPSA) is 63.3 Å². The zero-order valence-electron chi connectivity index (χ0n) is 36.5. The zero-order chi connectivity index (χ0) is 41.6. The normalized spacial score (nSPS) is 9.98. The molecule has 294 valence electrons. The summed E-state index contributed by atoms with van der Waals surface area (Å²) in [6.45, 7) is 40.8. The van der Waals surface area contributed by atoms with Crippen LogP contribution in [0.2, 0.25) is 0 Å². The maximum absolute atomic E-state index is 13.1. The van der Waals surface area contributed by atoms with Crippen LogP contribution in [-0.4, -0.2) is 18.1 Å². The largest absolute Gasteiger partial charge is 0.481 e. The Bertz CT molecular complexity index is 1420. The highest BCUT2D eigenvalue weighted by Crippen LogP contribution is 2.29. The average molecular weight is 720 g/mol. The number of aryl methyl sites for hydroxylation is 1. The van der Waals surface area contributed by atoms with Gasteiger partial charge in [-0.2, -0.15) is 0 Å². The second kappa shape index (κ2) is 31.9. The predicted octanol–water partition coefficient (Wildman–Crippen LogP) is 14.7. The molecule has 3 aromatic carbocycles. The number of hydrogen-bond donors (Lipinski definition) is 2. The van der Waals surface area contributed by atoms with Crippen LogP contribution in [0.4, 0.5) is 4.39 Å². The van der Waals surface area contributed by atoms with E-state index in [1.54, 1.807) is 6.07 Å². The molecule has 0 amide bonds. The summed E-state index contributed by atoms with van der Waals surface area (Å²) in [5.74, 6) is -0.0922. The lowest BCUT2D eigenvalue weighted by atomic mass is 9.84. The Kier molecular flexibility index (Phi) is 33.8. The Morgan fingerprint density at radius 3 is 1.63 bits per heavy atom. The van der Waals surface area contributed by atoms with E-state index in [4.69, 9.17) is 5.11 Å². The van der Waals surface area contributed by atoms with Gasteiger partial charge in [0.25, 0.3) is 0 Å². The summed E-state index contributed by atoms with van der Waals surface area (Å²) in [6, 6.07) is 22.3. The number of carboxylic acids is 1. The van der Waals surface area contributed by atoms with E-state index >= 15 is 0 Å². The molecule has 4 heteroatoms. The highest BCUT2D eigenvalue weighted by Gasteiger charge is 2.17. The van der Waals surface area contributed by atoms with Crippen LogP contribution in [0.3, 0.4) is 0 Å². The Balaban J connectivity index is -0.000000283. The van der Waals surface area contributed by atoms with Crippen molar-refractivity contribution in [3.8, 4) is 0 Å². The lowest BCUT2D eigenvalue weighted by molar-refractivity contribution is -0.137. The third-order valence-corrected chi connectivity index (χ3v) is 7.60. The number of nitrogens with two attached hydrogens (primary N) is 1. The van der Waals surface area contributed by atoms with Gasteiger partial charge in [-0.05, 0) is 132 Å². The zero-order valence-corrected chi connectivity index (χ0v) is 36.5. The molecule has 3 aromatic rings. The predicted molar refractivity (Wildman–Crippen MR) is 233 cm³/mol. The summed E-state index contributed by atoms with van der Waals surface area (Å²) < 4.78 is 13.1. The maximum atomic E-state index is 13.1. The molecule has 0 heterocycles. The number of unbranched alkanes of at least 4 members (excludes halogenated alkanes) is 1. The van der Waals surface area contributed by atoms with E-state index in [1.165, 1.54) is 58.5 Å². The molecular weight excluding hydrogens is 642 g/mol. The molecule has 0 aliphatic rings. The third kappa shape index (κ3) is 26.1. The van der Waals surface area contributed by atoms with Gasteiger partial charge in [-0.1, -0.05) is 146 Å². The van der Waals surface area contributed by atoms with Crippen molar-refractivity contribution in [2.75, 3.05) is 7.05 Å². The Morgan fingerprint density at radius 2 is 1.29 bits per heavy atom. The van der Waals surface area contributed by atoms with Crippen LogP contribution in [0.25, 0.3) is 5.57 Å². The quantitative estimate of drug-likeness (QED) is 0.189. The first-order valence-corrected chi connectivity index (χ1v) is 18.8. The van der Waals surface area contributed by atoms with Gasteiger partial charge in [0.1, 0.15) is 5.82 Å². The second-order valence-electron chi connectivity index (χ2n) is 14.0. The van der Waals surface area contributed by atoms with Crippen LogP contribution < -0.4 is 5.73 Å². The Hall–Kier alpha value is -3.76. The van der Waals surface area contributed by atoms with Crippen molar-refractivity contribution in [1.29, 1.82) is 0 Å². The number of carbonyl (C=O) groups is 1. The highest BCUT2D eigenvalue weighted by atomic mass is 19.1. The van der Waals surface area contributed by atoms with Crippen LogP contribution >= 0.6 is 0 Å². The molecule has 0 saturated carbocycles. The first-order chi connectivity index (χ1) is 24.2. The number of benzene rings is 3. The van der Waals surface area contributed by atoms with E-state index < -0.39 is 5.97 Å². The second-order valence-corrected chi connectivity index (χ2v) is 14.0. The van der Waals surface area contributed by atoms with Gasteiger partial charge >= 0.3 is 5.97 Å². The molecule has 0 fully saturated rings. The van der Waals surface area contributed by atoms with Gasteiger partial charge in [0.15, 0.2) is 0 Å². The SMILES string of the molecule is C=C(C)C.C=C(C)C(=C(C)C)c1cccc(C)c1C.CC.CCCCC(=O)O.CC[C@H](C)c1ccccc1.CN.Cc1c(F)cccc1C(C)(C)C. The van der Waals surface area contributed by atoms with E-state index in [0.29, 0.717) is 12.3 Å². The third-order valence-electron chi connectivity index (χ3n) is 7.60. The average Bonchev–Trinajstić information content (AvgIpc) is 3.08. The minimum absolute atomic E-state index is 0.0339. The minimum Gasteiger partial charge on any atom is -0.481 e. The molecule has 0 aliphatic carbocycles. The molecule has 1 atom stereocenters. The van der Waals surface area contributed by atoms with Crippen LogP contribution in [-0.2, 0) is 10.2 Å². The van der Waals surface area contributed by atoms with E-state index in [-0.39, 0.29) is 11.2 Å². The molecule has 0 unspecified atom stereocenters. The van der Waals surface area contributed by atoms with Gasteiger partial charge in [-0.3, -0.25) is 4.79 Å². The smallest absolute Gasteiger partial charge is 0.303 e. The van der Waals surface area contributed by atoms with Crippen LogP contribution in [0.1, 0.15) is 155 Å². The summed E-state index contributed by atoms with van der Waals surface area (Å²) in [5, 5.41) is 8.04. The number of carboxylic acid groups (broad SMARTS) is 1. The van der Waals surface area contributed by atoms with Crippen LogP contribution in [0.15, 0.2) is 96.6 Å². The summed E-state index contributed by atoms with van der Waals surface area (Å²) in [5.41, 5.74) is 16.8. The molecule has 0 aliphatic heterocycles. The fourth-order valence-electron chi connectivity index (χ4n) is 4.71. The van der Waals surface area contributed by atoms with Gasteiger partial charge < -0.3 is 10.8 Å². The molecule has 0 radical (unpaired) electrons. The van der Waals surface area contributed by atoms with E-state index in [0.717, 1.165) is 29.5 Å². The van der Waals surface area contributed by atoms with E-state index in [2.05, 4.69) is 137 Å². The number of rotatable bonds is 7. The number of aliphatic carboxylic acids is 1. The van der Waals surface area contributed by atoms with E-state index in [1.807, 2.05) is 47.6 Å². The van der Waals surface area contributed by atoms with Crippen LogP contribution in [0, 0.1) is 26.6 Å². The number of halogens is 1. The van der Waals surface area contributed by atoms with Crippen molar-refractivity contribution >= 4 is 11.5 Å². The van der Waals surface area contributed by atoms with Crippen molar-refractivity contribution in [3.05, 3.63) is 136 Å². The van der Waals surface area contributed by atoms with Gasteiger partial charge in [-0.25, -0.2) is 4.39 Å². The summed E-state index contributed by atoms with van der Waals surface area (Å²) in [7, 11) is 1.50. The summed E-state index contributed by atoms with van der Waals surface area (Å²) in [6.07, 6.45) is 3.31. The maximum Gasteiger partial charge on any atom is 0.303 e. The molecular formula is C48H78FNO2. The summed E-state index contributed by atoms with van der Waals surface area (Å²) in [4.78, 5) is 9.76. The van der Waals surface area contributed by atoms with E-state index in [9.17, 15) is 9.18 Å². The van der Waals surface area contributed by atoms with Crippen molar-refractivity contribution in [2.45, 2.75) is 148 Å². The summed E-state index contributed by atoms with van der Waals surface area (Å²) >= 11 is 0.